The second-order valence-electron chi connectivity index (χ2n) is 2.93. The molecule has 0 N–H and O–H groups in total. The molecule has 2 aromatic heterocycles. The van der Waals surface area contributed by atoms with Crippen molar-refractivity contribution in [2.45, 2.75) is 6.54 Å². The topological polar surface area (TPSA) is 34.9 Å². The van der Waals surface area contributed by atoms with Gasteiger partial charge in [0.05, 0.1) is 17.1 Å². The minimum Gasteiger partial charge on any atom is -0.268 e. The van der Waals surface area contributed by atoms with E-state index in [-0.39, 0.29) is 5.56 Å². The van der Waals surface area contributed by atoms with Crippen molar-refractivity contribution in [2.75, 3.05) is 0 Å². The molecule has 0 atom stereocenters. The fourth-order valence-electron chi connectivity index (χ4n) is 1.13. The highest BCUT2D eigenvalue weighted by Gasteiger charge is 2.02. The third kappa shape index (κ3) is 2.79. The molecule has 0 radical (unpaired) electrons. The summed E-state index contributed by atoms with van der Waals surface area (Å²) in [5, 5.41) is 5.97. The number of halogens is 2. The summed E-state index contributed by atoms with van der Waals surface area (Å²) in [6.45, 7) is 0.471. The van der Waals surface area contributed by atoms with Crippen LogP contribution in [0.1, 0.15) is 5.56 Å². The van der Waals surface area contributed by atoms with Gasteiger partial charge in [-0.15, -0.1) is 11.3 Å². The van der Waals surface area contributed by atoms with E-state index >= 15 is 0 Å². The highest BCUT2D eigenvalue weighted by atomic mass is 127. The van der Waals surface area contributed by atoms with E-state index in [0.29, 0.717) is 6.54 Å². The lowest BCUT2D eigenvalue weighted by Crippen LogP contribution is -2.22. The van der Waals surface area contributed by atoms with Gasteiger partial charge >= 0.3 is 0 Å². The molecule has 0 spiro atoms. The van der Waals surface area contributed by atoms with Gasteiger partial charge < -0.3 is 0 Å². The Morgan fingerprint density at radius 1 is 1.53 bits per heavy atom. The normalized spacial score (nSPS) is 10.5. The largest absolute Gasteiger partial charge is 0.268 e. The van der Waals surface area contributed by atoms with Gasteiger partial charge in [0.15, 0.2) is 0 Å². The van der Waals surface area contributed by atoms with Crippen molar-refractivity contribution in [3.8, 4) is 0 Å². The zero-order valence-electron chi connectivity index (χ0n) is 7.48. The standard InChI is InChI=1S/C9H6ClIN2OS/c10-8-1-6(5-15-8)4-13-9(14)2-7(11)3-12-13/h1-3,5H,4H2. The van der Waals surface area contributed by atoms with Gasteiger partial charge in [0.25, 0.3) is 5.56 Å². The van der Waals surface area contributed by atoms with Crippen molar-refractivity contribution in [2.24, 2.45) is 0 Å². The highest BCUT2D eigenvalue weighted by Crippen LogP contribution is 2.19. The first kappa shape index (κ1) is 11.1. The minimum atomic E-state index is -0.0933. The number of hydrogen-bond acceptors (Lipinski definition) is 3. The van der Waals surface area contributed by atoms with Gasteiger partial charge in [-0.25, -0.2) is 4.68 Å². The van der Waals surface area contributed by atoms with Crippen molar-refractivity contribution < 1.29 is 0 Å². The van der Waals surface area contributed by atoms with Gasteiger partial charge in [0.2, 0.25) is 0 Å². The van der Waals surface area contributed by atoms with Crippen molar-refractivity contribution in [3.05, 3.63) is 47.5 Å². The zero-order chi connectivity index (χ0) is 10.8. The smallest absolute Gasteiger partial charge is 0.268 e. The van der Waals surface area contributed by atoms with Crippen LogP contribution in [0.2, 0.25) is 4.34 Å². The molecule has 0 saturated carbocycles. The first-order valence-corrected chi connectivity index (χ1v) is 6.44. The van der Waals surface area contributed by atoms with Gasteiger partial charge in [0, 0.05) is 9.64 Å². The Kier molecular flexibility index (Phi) is 3.42. The van der Waals surface area contributed by atoms with E-state index in [9.17, 15) is 4.79 Å². The predicted molar refractivity (Wildman–Crippen MR) is 69.6 cm³/mol. The molecule has 2 aromatic rings. The van der Waals surface area contributed by atoms with Gasteiger partial charge in [-0.2, -0.15) is 5.10 Å². The Balaban J connectivity index is 2.28. The average molecular weight is 353 g/mol. The molecule has 0 unspecified atom stereocenters. The predicted octanol–water partition coefficient (Wildman–Crippen LogP) is 2.61. The van der Waals surface area contributed by atoms with Crippen LogP contribution in [-0.4, -0.2) is 9.78 Å². The van der Waals surface area contributed by atoms with E-state index in [1.807, 2.05) is 11.4 Å². The van der Waals surface area contributed by atoms with E-state index in [1.165, 1.54) is 16.0 Å². The molecule has 0 aliphatic carbocycles. The SMILES string of the molecule is O=c1cc(I)cnn1Cc1csc(Cl)c1. The molecule has 3 nitrogen and oxygen atoms in total. The first-order valence-electron chi connectivity index (χ1n) is 4.11. The Morgan fingerprint density at radius 3 is 2.93 bits per heavy atom. The number of nitrogens with zero attached hydrogens (tertiary/aromatic N) is 2. The van der Waals surface area contributed by atoms with Crippen LogP contribution in [0.15, 0.2) is 28.5 Å². The number of aromatic nitrogens is 2. The van der Waals surface area contributed by atoms with E-state index in [1.54, 1.807) is 12.3 Å². The summed E-state index contributed by atoms with van der Waals surface area (Å²) >= 11 is 9.32. The molecule has 0 aliphatic heterocycles. The van der Waals surface area contributed by atoms with Crippen molar-refractivity contribution >= 4 is 45.5 Å². The van der Waals surface area contributed by atoms with E-state index < -0.39 is 0 Å². The summed E-state index contributed by atoms with van der Waals surface area (Å²) in [4.78, 5) is 11.5. The monoisotopic (exact) mass is 352 g/mol. The van der Waals surface area contributed by atoms with Crippen molar-refractivity contribution in [3.63, 3.8) is 0 Å². The quantitative estimate of drug-likeness (QED) is 0.779. The summed E-state index contributed by atoms with van der Waals surface area (Å²) in [7, 11) is 0. The van der Waals surface area contributed by atoms with E-state index in [2.05, 4.69) is 27.7 Å². The fourth-order valence-corrected chi connectivity index (χ4v) is 2.42. The molecule has 0 amide bonds. The lowest BCUT2D eigenvalue weighted by Gasteiger charge is -2.01. The van der Waals surface area contributed by atoms with E-state index in [0.717, 1.165) is 13.5 Å². The Labute approximate surface area is 109 Å². The van der Waals surface area contributed by atoms with Crippen LogP contribution in [0.25, 0.3) is 0 Å². The summed E-state index contributed by atoms with van der Waals surface area (Å²) in [5.74, 6) is 0. The molecular weight excluding hydrogens is 347 g/mol. The first-order chi connectivity index (χ1) is 7.15. The maximum absolute atomic E-state index is 11.5. The van der Waals surface area contributed by atoms with Crippen molar-refractivity contribution in [1.82, 2.24) is 9.78 Å². The fraction of sp³-hybridized carbons (Fsp3) is 0.111. The molecule has 2 rings (SSSR count). The van der Waals surface area contributed by atoms with Crippen LogP contribution in [0, 0.1) is 3.57 Å². The number of rotatable bonds is 2. The Hall–Kier alpha value is -0.400. The summed E-state index contributed by atoms with van der Waals surface area (Å²) < 4.78 is 2.99. The molecule has 15 heavy (non-hydrogen) atoms. The van der Waals surface area contributed by atoms with Crippen LogP contribution < -0.4 is 5.56 Å². The molecular formula is C9H6ClIN2OS. The van der Waals surface area contributed by atoms with Gasteiger partial charge in [0.1, 0.15) is 0 Å². The molecule has 0 aromatic carbocycles. The molecule has 0 saturated heterocycles. The lowest BCUT2D eigenvalue weighted by atomic mass is 10.3. The van der Waals surface area contributed by atoms with Crippen molar-refractivity contribution in [1.29, 1.82) is 0 Å². The van der Waals surface area contributed by atoms with Gasteiger partial charge in [-0.05, 0) is 39.6 Å². The molecule has 0 bridgehead atoms. The Morgan fingerprint density at radius 2 is 2.33 bits per heavy atom. The highest BCUT2D eigenvalue weighted by molar-refractivity contribution is 14.1. The van der Waals surface area contributed by atoms with E-state index in [4.69, 9.17) is 11.6 Å². The molecule has 2 heterocycles. The summed E-state index contributed by atoms with van der Waals surface area (Å²) in [5.41, 5.74) is 0.907. The third-order valence-electron chi connectivity index (χ3n) is 1.79. The second kappa shape index (κ2) is 4.63. The van der Waals surface area contributed by atoms with Crippen LogP contribution in [0.3, 0.4) is 0 Å². The molecule has 6 heteroatoms. The Bertz CT molecular complexity index is 537. The third-order valence-corrected chi connectivity index (χ3v) is 3.52. The van der Waals surface area contributed by atoms with Crippen LogP contribution in [0.4, 0.5) is 0 Å². The summed E-state index contributed by atoms with van der Waals surface area (Å²) in [6.07, 6.45) is 1.66. The second-order valence-corrected chi connectivity index (χ2v) is 5.72. The molecule has 0 aliphatic rings. The average Bonchev–Trinajstić information content (AvgIpc) is 2.56. The minimum absolute atomic E-state index is 0.0933. The van der Waals surface area contributed by atoms with Gasteiger partial charge in [-0.1, -0.05) is 11.6 Å². The van der Waals surface area contributed by atoms with Crippen LogP contribution in [-0.2, 0) is 6.54 Å². The molecule has 0 fully saturated rings. The maximum atomic E-state index is 11.5. The maximum Gasteiger partial charge on any atom is 0.268 e. The zero-order valence-corrected chi connectivity index (χ0v) is 11.2. The van der Waals surface area contributed by atoms with Gasteiger partial charge in [-0.3, -0.25) is 4.79 Å². The molecule has 78 valence electrons. The number of thiophene rings is 1. The summed E-state index contributed by atoms with van der Waals surface area (Å²) in [6, 6.07) is 3.40. The lowest BCUT2D eigenvalue weighted by molar-refractivity contribution is 0.638. The van der Waals surface area contributed by atoms with Crippen LogP contribution >= 0.6 is 45.5 Å². The number of hydrogen-bond donors (Lipinski definition) is 0. The van der Waals surface area contributed by atoms with Crippen LogP contribution in [0.5, 0.6) is 0 Å².